The zero-order chi connectivity index (χ0) is 15.6. The Kier molecular flexibility index (Phi) is 4.38. The van der Waals surface area contributed by atoms with Gasteiger partial charge < -0.3 is 16.0 Å². The molecule has 21 heavy (non-hydrogen) atoms. The first-order chi connectivity index (χ1) is 9.75. The first-order valence-corrected chi connectivity index (χ1v) is 8.26. The summed E-state index contributed by atoms with van der Waals surface area (Å²) in [7, 11) is -3.78. The number of nitrogens with zero attached hydrogens (tertiary/aromatic N) is 1. The number of hydrogen-bond acceptors (Lipinski definition) is 5. The van der Waals surface area contributed by atoms with Crippen molar-refractivity contribution in [1.82, 2.24) is 5.32 Å². The molecular weight excluding hydrogens is 292 g/mol. The molecule has 1 aliphatic heterocycles. The van der Waals surface area contributed by atoms with E-state index in [1.54, 1.807) is 6.07 Å². The second-order valence-electron chi connectivity index (χ2n) is 5.27. The average Bonchev–Trinajstić information content (AvgIpc) is 2.37. The second-order valence-corrected chi connectivity index (χ2v) is 6.83. The van der Waals surface area contributed by atoms with Crippen LogP contribution in [0.2, 0.25) is 0 Å². The van der Waals surface area contributed by atoms with Crippen LogP contribution in [0.25, 0.3) is 0 Å². The van der Waals surface area contributed by atoms with Crippen LogP contribution in [0.1, 0.15) is 19.8 Å². The van der Waals surface area contributed by atoms with Gasteiger partial charge in [0.1, 0.15) is 0 Å². The Morgan fingerprint density at radius 1 is 1.29 bits per heavy atom. The van der Waals surface area contributed by atoms with Crippen molar-refractivity contribution in [1.29, 1.82) is 0 Å². The van der Waals surface area contributed by atoms with Crippen LogP contribution in [0.15, 0.2) is 23.1 Å². The molecule has 8 heteroatoms. The minimum absolute atomic E-state index is 0.0153. The summed E-state index contributed by atoms with van der Waals surface area (Å²) in [4.78, 5) is 13.1. The van der Waals surface area contributed by atoms with Crippen molar-refractivity contribution >= 4 is 27.3 Å². The van der Waals surface area contributed by atoms with Crippen molar-refractivity contribution < 1.29 is 13.2 Å². The summed E-state index contributed by atoms with van der Waals surface area (Å²) in [6, 6.07) is 4.78. The average molecular weight is 312 g/mol. The first kappa shape index (κ1) is 15.6. The van der Waals surface area contributed by atoms with E-state index in [1.165, 1.54) is 19.1 Å². The van der Waals surface area contributed by atoms with Crippen molar-refractivity contribution in [2.75, 3.05) is 23.7 Å². The maximum Gasteiger partial charge on any atom is 0.238 e. The van der Waals surface area contributed by atoms with E-state index in [0.29, 0.717) is 5.69 Å². The van der Waals surface area contributed by atoms with Gasteiger partial charge in [-0.3, -0.25) is 4.79 Å². The molecule has 7 nitrogen and oxygen atoms in total. The Balaban J connectivity index is 2.14. The number of primary sulfonamides is 1. The number of carbonyl (C=O) groups excluding carboxylic acids is 1. The number of nitrogens with two attached hydrogens (primary N) is 2. The molecule has 5 N–H and O–H groups in total. The number of sulfonamides is 1. The van der Waals surface area contributed by atoms with Crippen LogP contribution >= 0.6 is 0 Å². The third-order valence-electron chi connectivity index (χ3n) is 3.51. The van der Waals surface area contributed by atoms with Crippen molar-refractivity contribution in [2.24, 2.45) is 5.14 Å². The van der Waals surface area contributed by atoms with Gasteiger partial charge in [-0.15, -0.1) is 0 Å². The predicted molar refractivity (Wildman–Crippen MR) is 81.3 cm³/mol. The molecule has 1 saturated heterocycles. The van der Waals surface area contributed by atoms with Gasteiger partial charge in [-0.25, -0.2) is 13.6 Å². The first-order valence-electron chi connectivity index (χ1n) is 6.71. The van der Waals surface area contributed by atoms with Gasteiger partial charge in [0.05, 0.1) is 4.90 Å². The van der Waals surface area contributed by atoms with Gasteiger partial charge in [-0.1, -0.05) is 0 Å². The van der Waals surface area contributed by atoms with Crippen LogP contribution in [0.5, 0.6) is 0 Å². The fourth-order valence-electron chi connectivity index (χ4n) is 2.52. The van der Waals surface area contributed by atoms with E-state index < -0.39 is 10.0 Å². The summed E-state index contributed by atoms with van der Waals surface area (Å²) in [5, 5.41) is 8.05. The minimum Gasteiger partial charge on any atom is -0.399 e. The smallest absolute Gasteiger partial charge is 0.238 e. The molecule has 2 rings (SSSR count). The number of benzene rings is 1. The summed E-state index contributed by atoms with van der Waals surface area (Å²) in [5.41, 5.74) is 6.85. The normalized spacial score (nSPS) is 16.8. The Bertz CT molecular complexity index is 637. The molecule has 0 unspecified atom stereocenters. The highest BCUT2D eigenvalue weighted by molar-refractivity contribution is 7.89. The van der Waals surface area contributed by atoms with E-state index in [1.807, 2.05) is 4.90 Å². The lowest BCUT2D eigenvalue weighted by Gasteiger charge is -2.34. The fraction of sp³-hybridized carbons (Fsp3) is 0.462. The summed E-state index contributed by atoms with van der Waals surface area (Å²) >= 11 is 0. The van der Waals surface area contributed by atoms with Gasteiger partial charge in [-0.05, 0) is 31.0 Å². The third-order valence-corrected chi connectivity index (χ3v) is 4.40. The number of rotatable bonds is 3. The lowest BCUT2D eigenvalue weighted by molar-refractivity contribution is -0.119. The zero-order valence-electron chi connectivity index (χ0n) is 11.9. The van der Waals surface area contributed by atoms with Crippen molar-refractivity contribution in [2.45, 2.75) is 30.7 Å². The van der Waals surface area contributed by atoms with E-state index >= 15 is 0 Å². The lowest BCUT2D eigenvalue weighted by atomic mass is 10.0. The van der Waals surface area contributed by atoms with Gasteiger partial charge >= 0.3 is 0 Å². The summed E-state index contributed by atoms with van der Waals surface area (Å²) in [5.74, 6) is -0.0334. The lowest BCUT2D eigenvalue weighted by Crippen LogP contribution is -2.44. The molecule has 1 aliphatic rings. The predicted octanol–water partition coefficient (Wildman–Crippen LogP) is 0.0211. The van der Waals surface area contributed by atoms with Crippen molar-refractivity contribution in [3.63, 3.8) is 0 Å². The van der Waals surface area contributed by atoms with E-state index in [9.17, 15) is 13.2 Å². The molecule has 0 radical (unpaired) electrons. The highest BCUT2D eigenvalue weighted by Gasteiger charge is 2.21. The summed E-state index contributed by atoms with van der Waals surface area (Å²) in [6.07, 6.45) is 1.61. The third kappa shape index (κ3) is 4.08. The number of nitrogens with one attached hydrogen (secondary N) is 1. The Labute approximate surface area is 124 Å². The van der Waals surface area contributed by atoms with Gasteiger partial charge in [0.25, 0.3) is 0 Å². The highest BCUT2D eigenvalue weighted by atomic mass is 32.2. The number of amides is 1. The van der Waals surface area contributed by atoms with Gasteiger partial charge in [0.15, 0.2) is 0 Å². The van der Waals surface area contributed by atoms with Crippen LogP contribution < -0.4 is 21.1 Å². The highest BCUT2D eigenvalue weighted by Crippen LogP contribution is 2.25. The largest absolute Gasteiger partial charge is 0.399 e. The number of nitrogen functional groups attached to an aromatic ring is 1. The number of carbonyl (C=O) groups is 1. The maximum absolute atomic E-state index is 11.4. The van der Waals surface area contributed by atoms with Crippen LogP contribution in [-0.2, 0) is 14.8 Å². The monoisotopic (exact) mass is 312 g/mol. The molecule has 0 spiro atoms. The van der Waals surface area contributed by atoms with Gasteiger partial charge in [0, 0.05) is 37.4 Å². The molecule has 1 heterocycles. The molecule has 116 valence electrons. The molecule has 1 aromatic rings. The molecule has 1 fully saturated rings. The Morgan fingerprint density at radius 3 is 2.43 bits per heavy atom. The fourth-order valence-corrected chi connectivity index (χ4v) is 3.11. The molecule has 0 bridgehead atoms. The van der Waals surface area contributed by atoms with E-state index in [-0.39, 0.29) is 16.8 Å². The van der Waals surface area contributed by atoms with E-state index in [4.69, 9.17) is 10.9 Å². The molecule has 1 amide bonds. The zero-order valence-corrected chi connectivity index (χ0v) is 12.7. The molecular formula is C13H20N4O3S. The van der Waals surface area contributed by atoms with Crippen LogP contribution in [0.4, 0.5) is 11.4 Å². The number of anilines is 2. The molecule has 0 aliphatic carbocycles. The summed E-state index contributed by atoms with van der Waals surface area (Å²) in [6.45, 7) is 2.94. The molecule has 0 aromatic heterocycles. The van der Waals surface area contributed by atoms with Gasteiger partial charge in [-0.2, -0.15) is 0 Å². The SMILES string of the molecule is CC(=O)NC1CCN(c2cc(N)cc(S(N)(=O)=O)c2)CC1. The molecule has 1 aromatic carbocycles. The topological polar surface area (TPSA) is 119 Å². The summed E-state index contributed by atoms with van der Waals surface area (Å²) < 4.78 is 22.9. The second kappa shape index (κ2) is 5.90. The van der Waals surface area contributed by atoms with Crippen LogP contribution in [0.3, 0.4) is 0 Å². The molecule has 0 atom stereocenters. The number of hydrogen-bond donors (Lipinski definition) is 3. The van der Waals surface area contributed by atoms with Crippen molar-refractivity contribution in [3.05, 3.63) is 18.2 Å². The minimum atomic E-state index is -3.78. The maximum atomic E-state index is 11.4. The van der Waals surface area contributed by atoms with Crippen molar-refractivity contribution in [3.8, 4) is 0 Å². The van der Waals surface area contributed by atoms with Crippen LogP contribution in [-0.4, -0.2) is 33.5 Å². The van der Waals surface area contributed by atoms with E-state index in [0.717, 1.165) is 31.6 Å². The van der Waals surface area contributed by atoms with Crippen LogP contribution in [0, 0.1) is 0 Å². The Hall–Kier alpha value is -1.80. The standard InChI is InChI=1S/C13H20N4O3S/c1-9(18)16-11-2-4-17(5-3-11)12-6-10(14)7-13(8-12)21(15,19)20/h6-8,11H,2-5,14H2,1H3,(H,16,18)(H2,15,19,20). The Morgan fingerprint density at radius 2 is 1.90 bits per heavy atom. The quantitative estimate of drug-likeness (QED) is 0.680. The van der Waals surface area contributed by atoms with E-state index in [2.05, 4.69) is 5.32 Å². The van der Waals surface area contributed by atoms with Gasteiger partial charge in [0.2, 0.25) is 15.9 Å². The molecule has 0 saturated carbocycles. The number of piperidine rings is 1.